The molecule has 104 valence electrons. The van der Waals surface area contributed by atoms with Gasteiger partial charge < -0.3 is 24.8 Å². The van der Waals surface area contributed by atoms with Gasteiger partial charge in [-0.05, 0) is 0 Å². The van der Waals surface area contributed by atoms with Gasteiger partial charge in [-0.15, -0.1) is 0 Å². The Bertz CT molecular complexity index is 452. The van der Waals surface area contributed by atoms with E-state index >= 15 is 0 Å². The molecule has 1 aromatic heterocycles. The zero-order valence-electron chi connectivity index (χ0n) is 9.62. The number of aliphatic hydroxyl groups excluding tert-OH is 3. The van der Waals surface area contributed by atoms with E-state index in [0.29, 0.717) is 0 Å². The minimum atomic E-state index is -1.34. The minimum absolute atomic E-state index is 0.000407. The van der Waals surface area contributed by atoms with Gasteiger partial charge in [0, 0.05) is 12.1 Å². The van der Waals surface area contributed by atoms with E-state index in [1.807, 2.05) is 0 Å². The fourth-order valence-corrected chi connectivity index (χ4v) is 1.63. The third-order valence-electron chi connectivity index (χ3n) is 2.67. The lowest BCUT2D eigenvalue weighted by Crippen LogP contribution is -2.35. The van der Waals surface area contributed by atoms with Gasteiger partial charge in [0.15, 0.2) is 0 Å². The second kappa shape index (κ2) is 5.45. The second-order valence-corrected chi connectivity index (χ2v) is 3.94. The normalized spacial score (nSPS) is 30.3. The van der Waals surface area contributed by atoms with E-state index in [4.69, 9.17) is 14.6 Å². The van der Waals surface area contributed by atoms with Crippen LogP contribution >= 0.6 is 0 Å². The summed E-state index contributed by atoms with van der Waals surface area (Å²) >= 11 is 0. The first-order chi connectivity index (χ1) is 9.02. The Morgan fingerprint density at radius 2 is 2.16 bits per heavy atom. The van der Waals surface area contributed by atoms with Crippen LogP contribution in [0.5, 0.6) is 5.88 Å². The van der Waals surface area contributed by atoms with Gasteiger partial charge in [-0.3, -0.25) is 10.1 Å². The maximum Gasteiger partial charge on any atom is 0.287 e. The van der Waals surface area contributed by atoms with Gasteiger partial charge in [0.05, 0.1) is 11.5 Å². The molecule has 2 rings (SSSR count). The lowest BCUT2D eigenvalue weighted by Gasteiger charge is -2.15. The summed E-state index contributed by atoms with van der Waals surface area (Å²) in [5.41, 5.74) is -0.200. The van der Waals surface area contributed by atoms with Crippen LogP contribution in [-0.2, 0) is 4.74 Å². The molecule has 1 fully saturated rings. The summed E-state index contributed by atoms with van der Waals surface area (Å²) in [7, 11) is 0. The van der Waals surface area contributed by atoms with E-state index in [0.717, 1.165) is 6.20 Å². The van der Waals surface area contributed by atoms with Crippen LogP contribution in [-0.4, -0.2) is 56.4 Å². The van der Waals surface area contributed by atoms with Crippen LogP contribution in [0.4, 0.5) is 5.69 Å². The van der Waals surface area contributed by atoms with Crippen molar-refractivity contribution in [2.75, 3.05) is 6.61 Å². The Hall–Kier alpha value is -1.81. The Labute approximate surface area is 107 Å². The summed E-state index contributed by atoms with van der Waals surface area (Å²) in [6.45, 7) is -0.466. The van der Waals surface area contributed by atoms with E-state index in [-0.39, 0.29) is 11.6 Å². The average Bonchev–Trinajstić information content (AvgIpc) is 2.67. The molecular weight excluding hydrogens is 260 g/mol. The van der Waals surface area contributed by atoms with Crippen LogP contribution in [0.1, 0.15) is 0 Å². The molecule has 0 saturated carbocycles. The quantitative estimate of drug-likeness (QED) is 0.459. The standard InChI is InChI=1S/C10H12N2O7/c13-4-6-8(14)9(15)10(18-6)19-7-2-1-5(3-11-7)12(16)17/h1-3,6,8-10,13-15H,4H2/t6-,8-,9-,10-/m1/s1. The highest BCUT2D eigenvalue weighted by Gasteiger charge is 2.44. The zero-order chi connectivity index (χ0) is 14.0. The molecule has 9 nitrogen and oxygen atoms in total. The van der Waals surface area contributed by atoms with Gasteiger partial charge in [-0.2, -0.15) is 0 Å². The van der Waals surface area contributed by atoms with Crippen LogP contribution in [0.3, 0.4) is 0 Å². The van der Waals surface area contributed by atoms with E-state index in [1.165, 1.54) is 12.1 Å². The number of nitro groups is 1. The number of aliphatic hydroxyl groups is 3. The van der Waals surface area contributed by atoms with Crippen molar-refractivity contribution < 1.29 is 29.7 Å². The smallest absolute Gasteiger partial charge is 0.287 e. The van der Waals surface area contributed by atoms with E-state index in [9.17, 15) is 20.3 Å². The Balaban J connectivity index is 2.03. The van der Waals surface area contributed by atoms with Crippen LogP contribution < -0.4 is 4.74 Å². The molecule has 1 aliphatic rings. The number of nitrogens with zero attached hydrogens (tertiary/aromatic N) is 2. The summed E-state index contributed by atoms with van der Waals surface area (Å²) in [5, 5.41) is 38.4. The molecule has 2 heterocycles. The zero-order valence-corrected chi connectivity index (χ0v) is 9.62. The highest BCUT2D eigenvalue weighted by atomic mass is 16.7. The first kappa shape index (κ1) is 13.6. The molecule has 1 aromatic rings. The molecule has 1 saturated heterocycles. The monoisotopic (exact) mass is 272 g/mol. The molecule has 4 atom stereocenters. The molecule has 3 N–H and O–H groups in total. The Morgan fingerprint density at radius 1 is 1.42 bits per heavy atom. The third kappa shape index (κ3) is 2.79. The molecule has 0 radical (unpaired) electrons. The van der Waals surface area contributed by atoms with Gasteiger partial charge in [-0.25, -0.2) is 4.98 Å². The third-order valence-corrected chi connectivity index (χ3v) is 2.67. The molecule has 0 amide bonds. The fraction of sp³-hybridized carbons (Fsp3) is 0.500. The summed E-state index contributed by atoms with van der Waals surface area (Å²) in [5.74, 6) is 0.000407. The van der Waals surface area contributed by atoms with Crippen molar-refractivity contribution in [1.82, 2.24) is 4.98 Å². The molecule has 0 bridgehead atoms. The number of ether oxygens (including phenoxy) is 2. The highest BCUT2D eigenvalue weighted by Crippen LogP contribution is 2.24. The Kier molecular flexibility index (Phi) is 3.90. The van der Waals surface area contributed by atoms with Crippen molar-refractivity contribution in [2.24, 2.45) is 0 Å². The number of rotatable bonds is 4. The topological polar surface area (TPSA) is 135 Å². The van der Waals surface area contributed by atoms with Crippen LogP contribution in [0, 0.1) is 10.1 Å². The lowest BCUT2D eigenvalue weighted by atomic mass is 10.1. The maximum atomic E-state index is 10.4. The summed E-state index contributed by atoms with van der Waals surface area (Å²) in [6, 6.07) is 2.43. The minimum Gasteiger partial charge on any atom is -0.445 e. The van der Waals surface area contributed by atoms with Crippen LogP contribution in [0.25, 0.3) is 0 Å². The summed E-state index contributed by atoms with van der Waals surface area (Å²) < 4.78 is 10.2. The molecule has 19 heavy (non-hydrogen) atoms. The van der Waals surface area contributed by atoms with Crippen molar-refractivity contribution in [2.45, 2.75) is 24.6 Å². The maximum absolute atomic E-state index is 10.4. The molecule has 9 heteroatoms. The van der Waals surface area contributed by atoms with Gasteiger partial charge in [0.2, 0.25) is 12.2 Å². The van der Waals surface area contributed by atoms with E-state index < -0.39 is 36.1 Å². The van der Waals surface area contributed by atoms with Crippen LogP contribution in [0.2, 0.25) is 0 Å². The first-order valence-corrected chi connectivity index (χ1v) is 5.42. The molecule has 1 aliphatic heterocycles. The molecule has 0 aromatic carbocycles. The van der Waals surface area contributed by atoms with Crippen molar-refractivity contribution in [1.29, 1.82) is 0 Å². The number of hydrogen-bond donors (Lipinski definition) is 3. The highest BCUT2D eigenvalue weighted by molar-refractivity contribution is 5.28. The van der Waals surface area contributed by atoms with Gasteiger partial charge >= 0.3 is 0 Å². The van der Waals surface area contributed by atoms with E-state index in [2.05, 4.69) is 4.98 Å². The number of hydrogen-bond acceptors (Lipinski definition) is 8. The number of pyridine rings is 1. The van der Waals surface area contributed by atoms with Gasteiger partial charge in [-0.1, -0.05) is 0 Å². The van der Waals surface area contributed by atoms with Crippen molar-refractivity contribution in [3.05, 3.63) is 28.4 Å². The van der Waals surface area contributed by atoms with Crippen molar-refractivity contribution in [3.8, 4) is 5.88 Å². The molecule has 0 spiro atoms. The predicted octanol–water partition coefficient (Wildman–Crippen LogP) is -1.19. The number of aromatic nitrogens is 1. The fourth-order valence-electron chi connectivity index (χ4n) is 1.63. The Morgan fingerprint density at radius 3 is 2.63 bits per heavy atom. The summed E-state index contributed by atoms with van der Waals surface area (Å²) in [4.78, 5) is 13.5. The van der Waals surface area contributed by atoms with Crippen molar-refractivity contribution >= 4 is 5.69 Å². The SMILES string of the molecule is O=[N+]([O-])c1ccc(O[C@H]2O[C@H](CO)[C@@H](O)[C@H]2O)nc1. The van der Waals surface area contributed by atoms with E-state index in [1.54, 1.807) is 0 Å². The molecule has 0 unspecified atom stereocenters. The predicted molar refractivity (Wildman–Crippen MR) is 59.3 cm³/mol. The van der Waals surface area contributed by atoms with Gasteiger partial charge in [0.1, 0.15) is 24.5 Å². The molecular formula is C10H12N2O7. The van der Waals surface area contributed by atoms with Gasteiger partial charge in [0.25, 0.3) is 5.69 Å². The largest absolute Gasteiger partial charge is 0.445 e. The second-order valence-electron chi connectivity index (χ2n) is 3.94. The molecule has 0 aliphatic carbocycles. The first-order valence-electron chi connectivity index (χ1n) is 5.42. The summed E-state index contributed by atoms with van der Waals surface area (Å²) in [6.07, 6.45) is -3.75. The average molecular weight is 272 g/mol. The van der Waals surface area contributed by atoms with Crippen LogP contribution in [0.15, 0.2) is 18.3 Å². The lowest BCUT2D eigenvalue weighted by molar-refractivity contribution is -0.385. The van der Waals surface area contributed by atoms with Crippen molar-refractivity contribution in [3.63, 3.8) is 0 Å².